The molecule has 0 aliphatic carbocycles. The predicted octanol–water partition coefficient (Wildman–Crippen LogP) is 6.09. The Morgan fingerprint density at radius 1 is 0.667 bits per heavy atom. The lowest BCUT2D eigenvalue weighted by molar-refractivity contribution is 0.956. The molecule has 0 saturated carbocycles. The Morgan fingerprint density at radius 3 is 1.75 bits per heavy atom. The van der Waals surface area contributed by atoms with Gasteiger partial charge in [-0.2, -0.15) is 10.0 Å². The van der Waals surface area contributed by atoms with Crippen LogP contribution < -0.4 is 0 Å². The van der Waals surface area contributed by atoms with E-state index in [1.807, 2.05) is 0 Å². The topological polar surface area (TPSA) is 4.93 Å². The molecule has 4 rings (SSSR count). The fourth-order valence-corrected chi connectivity index (χ4v) is 6.57. The highest BCUT2D eigenvalue weighted by molar-refractivity contribution is 8.33. The molecule has 0 spiro atoms. The Balaban J connectivity index is 2.07. The van der Waals surface area contributed by atoms with Crippen LogP contribution in [0.4, 0.5) is 0 Å². The second-order valence-corrected chi connectivity index (χ2v) is 9.39. The third kappa shape index (κ3) is 2.26. The highest BCUT2D eigenvalue weighted by atomic mass is 32.3. The van der Waals surface area contributed by atoms with Crippen LogP contribution in [-0.4, -0.2) is 10.8 Å². The fourth-order valence-electron chi connectivity index (χ4n) is 3.41. The van der Waals surface area contributed by atoms with Gasteiger partial charge in [-0.25, -0.2) is 0 Å². The van der Waals surface area contributed by atoms with Crippen LogP contribution in [0, 0.1) is 0 Å². The number of aryl methyl sites for hydroxylation is 1. The van der Waals surface area contributed by atoms with Gasteiger partial charge in [0.25, 0.3) is 0 Å². The summed E-state index contributed by atoms with van der Waals surface area (Å²) >= 11 is 0. The maximum atomic E-state index is 2.42. The van der Waals surface area contributed by atoms with Crippen molar-refractivity contribution in [1.29, 1.82) is 0 Å². The Morgan fingerprint density at radius 2 is 1.17 bits per heavy atom. The van der Waals surface area contributed by atoms with E-state index in [1.54, 1.807) is 0 Å². The van der Waals surface area contributed by atoms with E-state index in [-0.39, 0.29) is 0 Å². The van der Waals surface area contributed by atoms with E-state index in [1.165, 1.54) is 25.6 Å². The molecule has 0 N–H and O–H groups in total. The summed E-state index contributed by atoms with van der Waals surface area (Å²) in [5.41, 5.74) is 1.29. The maximum Gasteiger partial charge on any atom is 0.0489 e. The third-order valence-corrected chi connectivity index (χ3v) is 8.36. The second kappa shape index (κ2) is 5.88. The van der Waals surface area contributed by atoms with E-state index in [9.17, 15) is 0 Å². The van der Waals surface area contributed by atoms with Crippen LogP contribution >= 0.6 is 10.0 Å². The van der Waals surface area contributed by atoms with Crippen LogP contribution in [0.25, 0.3) is 10.9 Å². The van der Waals surface area contributed by atoms with Gasteiger partial charge in [0, 0.05) is 29.0 Å². The predicted molar refractivity (Wildman–Crippen MR) is 104 cm³/mol. The van der Waals surface area contributed by atoms with Crippen LogP contribution in [0.5, 0.6) is 0 Å². The second-order valence-electron chi connectivity index (χ2n) is 6.17. The molecular weight excluding hydrogens is 310 g/mol. The fraction of sp³-hybridized carbons (Fsp3) is 0.0909. The monoisotopic (exact) mass is 331 g/mol. The average Bonchev–Trinajstić information content (AvgIpc) is 3.00. The number of rotatable bonds is 3. The highest BCUT2D eigenvalue weighted by Crippen LogP contribution is 2.67. The zero-order valence-electron chi connectivity index (χ0n) is 14.0. The van der Waals surface area contributed by atoms with Gasteiger partial charge in [-0.05, 0) is 46.4 Å². The molecule has 0 fully saturated rings. The van der Waals surface area contributed by atoms with Crippen LogP contribution in [0.3, 0.4) is 0 Å². The molecule has 0 aliphatic heterocycles. The maximum absolute atomic E-state index is 2.42. The molecule has 1 aromatic heterocycles. The minimum absolute atomic E-state index is 1.29. The van der Waals surface area contributed by atoms with Gasteiger partial charge in [-0.1, -0.05) is 54.6 Å². The van der Waals surface area contributed by atoms with Gasteiger partial charge in [0.05, 0.1) is 0 Å². The SMILES string of the molecule is Cn1cc(S(C)(c2ccccc2)c2ccccc2)c2ccccc21. The quantitative estimate of drug-likeness (QED) is 0.428. The van der Waals surface area contributed by atoms with Crippen molar-refractivity contribution in [3.8, 4) is 0 Å². The first-order valence-electron chi connectivity index (χ1n) is 8.14. The first-order chi connectivity index (χ1) is 11.7. The van der Waals surface area contributed by atoms with E-state index in [0.29, 0.717) is 0 Å². The van der Waals surface area contributed by atoms with Crippen LogP contribution in [0.1, 0.15) is 0 Å². The summed E-state index contributed by atoms with van der Waals surface area (Å²) in [5, 5.41) is 1.35. The van der Waals surface area contributed by atoms with Crippen molar-refractivity contribution >= 4 is 20.9 Å². The highest BCUT2D eigenvalue weighted by Gasteiger charge is 2.28. The van der Waals surface area contributed by atoms with E-state index >= 15 is 0 Å². The van der Waals surface area contributed by atoms with Crippen molar-refractivity contribution in [2.45, 2.75) is 14.7 Å². The first-order valence-corrected chi connectivity index (χ1v) is 10.2. The molecule has 2 heteroatoms. The first kappa shape index (κ1) is 15.1. The zero-order valence-corrected chi connectivity index (χ0v) is 14.8. The molecule has 4 aromatic rings. The molecule has 0 unspecified atom stereocenters. The molecule has 0 bridgehead atoms. The minimum Gasteiger partial charge on any atom is -0.349 e. The number of aromatic nitrogens is 1. The van der Waals surface area contributed by atoms with Gasteiger partial charge in [-0.3, -0.25) is 0 Å². The lowest BCUT2D eigenvalue weighted by Gasteiger charge is -2.37. The molecule has 120 valence electrons. The smallest absolute Gasteiger partial charge is 0.0489 e. The number of hydrogen-bond acceptors (Lipinski definition) is 0. The molecule has 0 atom stereocenters. The molecule has 1 heterocycles. The molecule has 0 aliphatic rings. The summed E-state index contributed by atoms with van der Waals surface area (Å²) in [6, 6.07) is 30.6. The van der Waals surface area contributed by atoms with Crippen molar-refractivity contribution < 1.29 is 0 Å². The number of para-hydroxylation sites is 1. The van der Waals surface area contributed by atoms with Crippen LogP contribution in [-0.2, 0) is 7.05 Å². The molecule has 3 aromatic carbocycles. The van der Waals surface area contributed by atoms with Gasteiger partial charge in [0.2, 0.25) is 0 Å². The number of nitrogens with zero attached hydrogens (tertiary/aromatic N) is 1. The molecule has 24 heavy (non-hydrogen) atoms. The summed E-state index contributed by atoms with van der Waals surface area (Å²) in [7, 11) is 0.839. The number of hydrogen-bond donors (Lipinski definition) is 0. The standard InChI is InChI=1S/C22H21NS/c1-23-17-22(20-15-9-10-16-21(20)23)24(2,18-11-5-3-6-12-18)19-13-7-4-8-14-19/h3-17H,1-2H3. The summed E-state index contributed by atoms with van der Waals surface area (Å²) in [4.78, 5) is 4.22. The Labute approximate surface area is 144 Å². The summed E-state index contributed by atoms with van der Waals surface area (Å²) in [6.07, 6.45) is 4.74. The Bertz CT molecular complexity index is 931. The van der Waals surface area contributed by atoms with Crippen molar-refractivity contribution in [1.82, 2.24) is 4.57 Å². The van der Waals surface area contributed by atoms with E-state index in [4.69, 9.17) is 0 Å². The lowest BCUT2D eigenvalue weighted by atomic mass is 10.2. The van der Waals surface area contributed by atoms with E-state index in [0.717, 1.165) is 0 Å². The van der Waals surface area contributed by atoms with E-state index in [2.05, 4.69) is 109 Å². The van der Waals surface area contributed by atoms with Gasteiger partial charge >= 0.3 is 0 Å². The number of benzene rings is 3. The van der Waals surface area contributed by atoms with Crippen molar-refractivity contribution in [3.05, 3.63) is 91.1 Å². The summed E-state index contributed by atoms with van der Waals surface area (Å²) in [5.74, 6) is 0. The molecule has 0 saturated heterocycles. The van der Waals surface area contributed by atoms with Gasteiger partial charge in [-0.15, -0.1) is 0 Å². The Hall–Kier alpha value is -2.45. The summed E-state index contributed by atoms with van der Waals surface area (Å²) < 4.78 is 2.25. The molecule has 1 nitrogen and oxygen atoms in total. The third-order valence-electron chi connectivity index (χ3n) is 4.73. The van der Waals surface area contributed by atoms with Gasteiger partial charge in [0.1, 0.15) is 0 Å². The molecule has 0 radical (unpaired) electrons. The van der Waals surface area contributed by atoms with Crippen LogP contribution in [0.2, 0.25) is 0 Å². The lowest BCUT2D eigenvalue weighted by Crippen LogP contribution is -2.01. The minimum atomic E-state index is -1.30. The Kier molecular flexibility index (Phi) is 3.70. The van der Waals surface area contributed by atoms with Gasteiger partial charge < -0.3 is 4.57 Å². The van der Waals surface area contributed by atoms with Crippen molar-refractivity contribution in [2.75, 3.05) is 6.26 Å². The van der Waals surface area contributed by atoms with Gasteiger partial charge in [0.15, 0.2) is 0 Å². The summed E-state index contributed by atoms with van der Waals surface area (Å²) in [6.45, 7) is 0. The molecule has 0 amide bonds. The van der Waals surface area contributed by atoms with Crippen molar-refractivity contribution in [2.24, 2.45) is 7.05 Å². The average molecular weight is 331 g/mol. The number of fused-ring (bicyclic) bond motifs is 1. The normalized spacial score (nSPS) is 12.4. The van der Waals surface area contributed by atoms with Crippen LogP contribution in [0.15, 0.2) is 106 Å². The zero-order chi connectivity index (χ0) is 16.6. The largest absolute Gasteiger partial charge is 0.349 e. The van der Waals surface area contributed by atoms with Crippen molar-refractivity contribution in [3.63, 3.8) is 0 Å². The van der Waals surface area contributed by atoms with E-state index < -0.39 is 10.0 Å². The molecular formula is C22H21NS.